The molecule has 0 spiro atoms. The molecular formula is C15H28N2O3. The van der Waals surface area contributed by atoms with Gasteiger partial charge in [0.25, 0.3) is 0 Å². The largest absolute Gasteiger partial charge is 0.480 e. The zero-order valence-corrected chi connectivity index (χ0v) is 12.9. The number of carbonyl (C=O) groups is 1. The number of hydrogen-bond acceptors (Lipinski definition) is 4. The third kappa shape index (κ3) is 3.00. The smallest absolute Gasteiger partial charge is 0.323 e. The van der Waals surface area contributed by atoms with Gasteiger partial charge in [-0.25, -0.2) is 0 Å². The molecule has 20 heavy (non-hydrogen) atoms. The molecule has 1 heterocycles. The number of likely N-dealkylation sites (N-methyl/N-ethyl adjacent to an activating group) is 1. The summed E-state index contributed by atoms with van der Waals surface area (Å²) in [4.78, 5) is 14.0. The minimum atomic E-state index is -0.717. The first-order valence-corrected chi connectivity index (χ1v) is 7.77. The quantitative estimate of drug-likeness (QED) is 0.797. The standard InChI is InChI=1S/C15H28N2O3/c1-4-16-15(14(18)19)7-5-12(9-15)17-8-6-11(2)13(10-17)20-3/h11-13,16H,4-10H2,1-3H3,(H,18,19). The number of nitrogens with one attached hydrogen (secondary N) is 1. The number of hydrogen-bond donors (Lipinski definition) is 2. The lowest BCUT2D eigenvalue weighted by Crippen LogP contribution is -2.53. The molecule has 0 radical (unpaired) electrons. The maximum Gasteiger partial charge on any atom is 0.323 e. The van der Waals surface area contributed by atoms with Crippen molar-refractivity contribution >= 4 is 5.97 Å². The maximum absolute atomic E-state index is 11.6. The molecule has 1 saturated heterocycles. The molecule has 1 saturated carbocycles. The number of ether oxygens (including phenoxy) is 1. The van der Waals surface area contributed by atoms with Crippen molar-refractivity contribution in [2.45, 2.75) is 57.2 Å². The second-order valence-electron chi connectivity index (χ2n) is 6.35. The number of likely N-dealkylation sites (tertiary alicyclic amines) is 1. The Bertz CT molecular complexity index is 350. The van der Waals surface area contributed by atoms with Gasteiger partial charge in [-0.15, -0.1) is 0 Å². The van der Waals surface area contributed by atoms with Crippen LogP contribution in [0.25, 0.3) is 0 Å². The molecule has 2 N–H and O–H groups in total. The first-order chi connectivity index (χ1) is 9.52. The number of rotatable bonds is 5. The van der Waals surface area contributed by atoms with Crippen molar-refractivity contribution in [1.82, 2.24) is 10.2 Å². The van der Waals surface area contributed by atoms with Crippen molar-refractivity contribution in [2.75, 3.05) is 26.7 Å². The van der Waals surface area contributed by atoms with E-state index in [9.17, 15) is 9.90 Å². The lowest BCUT2D eigenvalue weighted by molar-refractivity contribution is -0.144. The Kier molecular flexibility index (Phi) is 5.04. The molecule has 0 aromatic heterocycles. The maximum atomic E-state index is 11.6. The Morgan fingerprint density at radius 1 is 1.50 bits per heavy atom. The Morgan fingerprint density at radius 3 is 2.85 bits per heavy atom. The molecule has 5 nitrogen and oxygen atoms in total. The molecule has 116 valence electrons. The van der Waals surface area contributed by atoms with E-state index >= 15 is 0 Å². The summed E-state index contributed by atoms with van der Waals surface area (Å²) in [6.45, 7) is 6.91. The summed E-state index contributed by atoms with van der Waals surface area (Å²) in [5, 5.41) is 12.7. The van der Waals surface area contributed by atoms with E-state index in [1.807, 2.05) is 6.92 Å². The summed E-state index contributed by atoms with van der Waals surface area (Å²) in [5.41, 5.74) is -0.717. The monoisotopic (exact) mass is 284 g/mol. The van der Waals surface area contributed by atoms with Gasteiger partial charge >= 0.3 is 5.97 Å². The van der Waals surface area contributed by atoms with Crippen LogP contribution in [0.2, 0.25) is 0 Å². The van der Waals surface area contributed by atoms with E-state index in [4.69, 9.17) is 4.74 Å². The van der Waals surface area contributed by atoms with Crippen molar-refractivity contribution < 1.29 is 14.6 Å². The Labute approximate surface area is 121 Å². The average Bonchev–Trinajstić information content (AvgIpc) is 2.85. The van der Waals surface area contributed by atoms with Crippen LogP contribution in [0, 0.1) is 5.92 Å². The predicted octanol–water partition coefficient (Wildman–Crippen LogP) is 1.33. The van der Waals surface area contributed by atoms with E-state index in [0.29, 0.717) is 24.9 Å². The summed E-state index contributed by atoms with van der Waals surface area (Å²) >= 11 is 0. The van der Waals surface area contributed by atoms with Crippen molar-refractivity contribution in [3.63, 3.8) is 0 Å². The van der Waals surface area contributed by atoms with Crippen molar-refractivity contribution in [1.29, 1.82) is 0 Å². The fourth-order valence-corrected chi connectivity index (χ4v) is 3.80. The highest BCUT2D eigenvalue weighted by molar-refractivity contribution is 5.79. The number of piperidine rings is 1. The topological polar surface area (TPSA) is 61.8 Å². The van der Waals surface area contributed by atoms with Gasteiger partial charge in [0.1, 0.15) is 5.54 Å². The summed E-state index contributed by atoms with van der Waals surface area (Å²) in [6, 6.07) is 0.371. The van der Waals surface area contributed by atoms with E-state index in [1.54, 1.807) is 7.11 Å². The van der Waals surface area contributed by atoms with Gasteiger partial charge < -0.3 is 15.2 Å². The van der Waals surface area contributed by atoms with Gasteiger partial charge in [-0.05, 0) is 44.7 Å². The normalized spacial score (nSPS) is 39.0. The molecule has 0 amide bonds. The van der Waals surface area contributed by atoms with Gasteiger partial charge in [0, 0.05) is 19.7 Å². The molecule has 0 aromatic carbocycles. The summed E-state index contributed by atoms with van der Waals surface area (Å²) < 4.78 is 5.57. The lowest BCUT2D eigenvalue weighted by Gasteiger charge is -2.40. The van der Waals surface area contributed by atoms with Gasteiger partial charge in [-0.2, -0.15) is 0 Å². The van der Waals surface area contributed by atoms with Crippen molar-refractivity contribution in [2.24, 2.45) is 5.92 Å². The average molecular weight is 284 g/mol. The highest BCUT2D eigenvalue weighted by atomic mass is 16.5. The van der Waals surface area contributed by atoms with Crippen LogP contribution in [-0.2, 0) is 9.53 Å². The molecule has 4 unspecified atom stereocenters. The number of nitrogens with zero attached hydrogens (tertiary/aromatic N) is 1. The second-order valence-corrected chi connectivity index (χ2v) is 6.35. The molecular weight excluding hydrogens is 256 g/mol. The third-order valence-electron chi connectivity index (χ3n) is 5.15. The van der Waals surface area contributed by atoms with Crippen molar-refractivity contribution in [3.05, 3.63) is 0 Å². The van der Waals surface area contributed by atoms with Gasteiger partial charge in [-0.3, -0.25) is 9.69 Å². The summed E-state index contributed by atoms with van der Waals surface area (Å²) in [6.07, 6.45) is 3.81. The first kappa shape index (κ1) is 15.7. The van der Waals surface area contributed by atoms with Gasteiger partial charge in [0.2, 0.25) is 0 Å². The highest BCUT2D eigenvalue weighted by Gasteiger charge is 2.47. The predicted molar refractivity (Wildman–Crippen MR) is 77.8 cm³/mol. The molecule has 0 aromatic rings. The molecule has 5 heteroatoms. The molecule has 2 aliphatic rings. The highest BCUT2D eigenvalue weighted by Crippen LogP contribution is 2.35. The molecule has 4 atom stereocenters. The fourth-order valence-electron chi connectivity index (χ4n) is 3.80. The van der Waals surface area contributed by atoms with Crippen LogP contribution in [0.3, 0.4) is 0 Å². The Morgan fingerprint density at radius 2 is 2.25 bits per heavy atom. The summed E-state index contributed by atoms with van der Waals surface area (Å²) in [5.74, 6) is -0.105. The van der Waals surface area contributed by atoms with Crippen LogP contribution >= 0.6 is 0 Å². The SMILES string of the molecule is CCNC1(C(=O)O)CCC(N2CCC(C)C(OC)C2)C1. The summed E-state index contributed by atoms with van der Waals surface area (Å²) in [7, 11) is 1.78. The number of carboxylic acids is 1. The minimum absolute atomic E-state index is 0.280. The second kappa shape index (κ2) is 6.41. The van der Waals surface area contributed by atoms with Crippen LogP contribution in [0.1, 0.15) is 39.5 Å². The molecule has 1 aliphatic carbocycles. The van der Waals surface area contributed by atoms with Crippen LogP contribution in [0.4, 0.5) is 0 Å². The minimum Gasteiger partial charge on any atom is -0.480 e. The zero-order chi connectivity index (χ0) is 14.8. The van der Waals surface area contributed by atoms with Crippen molar-refractivity contribution in [3.8, 4) is 0 Å². The lowest BCUT2D eigenvalue weighted by atomic mass is 9.93. The van der Waals surface area contributed by atoms with Gasteiger partial charge in [0.15, 0.2) is 0 Å². The van der Waals surface area contributed by atoms with E-state index in [1.165, 1.54) is 0 Å². The van der Waals surface area contributed by atoms with Gasteiger partial charge in [-0.1, -0.05) is 13.8 Å². The number of methoxy groups -OCH3 is 1. The van der Waals surface area contributed by atoms with E-state index in [2.05, 4.69) is 17.1 Å². The third-order valence-corrected chi connectivity index (χ3v) is 5.15. The Balaban J connectivity index is 2.00. The van der Waals surface area contributed by atoms with E-state index < -0.39 is 11.5 Å². The number of carboxylic acid groups (broad SMARTS) is 1. The molecule has 1 aliphatic heterocycles. The molecule has 2 rings (SSSR count). The van der Waals surface area contributed by atoms with Crippen LogP contribution < -0.4 is 5.32 Å². The van der Waals surface area contributed by atoms with E-state index in [0.717, 1.165) is 32.4 Å². The first-order valence-electron chi connectivity index (χ1n) is 7.77. The zero-order valence-electron chi connectivity index (χ0n) is 12.9. The van der Waals surface area contributed by atoms with Crippen LogP contribution in [0.5, 0.6) is 0 Å². The fraction of sp³-hybridized carbons (Fsp3) is 0.933. The molecule has 0 bridgehead atoms. The molecule has 2 fully saturated rings. The van der Waals surface area contributed by atoms with E-state index in [-0.39, 0.29) is 6.10 Å². The number of aliphatic carboxylic acids is 1. The van der Waals surface area contributed by atoms with Crippen LogP contribution in [0.15, 0.2) is 0 Å². The Hall–Kier alpha value is -0.650. The van der Waals surface area contributed by atoms with Crippen LogP contribution in [-0.4, -0.2) is 60.4 Å². The van der Waals surface area contributed by atoms with Gasteiger partial charge in [0.05, 0.1) is 6.10 Å².